The Balaban J connectivity index is 4.72. The Morgan fingerprint density at radius 1 is 0.767 bits per heavy atom. The molecule has 0 aromatic rings. The topological polar surface area (TPSA) is 105 Å². The number of carbonyl (C=O) groups is 1. The van der Waals surface area contributed by atoms with Crippen molar-refractivity contribution in [3.8, 4) is 0 Å². The molecule has 1 amide bonds. The predicted molar refractivity (Wildman–Crippen MR) is 180 cm³/mol. The molecule has 0 aromatic carbocycles. The van der Waals surface area contributed by atoms with Crippen LogP contribution in [0.5, 0.6) is 0 Å². The van der Waals surface area contributed by atoms with E-state index in [0.29, 0.717) is 17.4 Å². The van der Waals surface area contributed by atoms with Crippen LogP contribution in [0.4, 0.5) is 0 Å². The van der Waals surface area contributed by atoms with E-state index in [1.807, 2.05) is 27.2 Å². The number of phosphoric acid groups is 1. The highest BCUT2D eigenvalue weighted by molar-refractivity contribution is 7.47. The maximum absolute atomic E-state index is 12.6. The first-order valence-corrected chi connectivity index (χ1v) is 18.4. The number of allylic oxidation sites excluding steroid dienone is 5. The second-order valence-electron chi connectivity index (χ2n) is 12.5. The molecule has 0 spiro atoms. The molecule has 0 aliphatic heterocycles. The number of phosphoric ester groups is 1. The van der Waals surface area contributed by atoms with Gasteiger partial charge in [-0.1, -0.05) is 108 Å². The number of aliphatic hydroxyl groups is 1. The van der Waals surface area contributed by atoms with Gasteiger partial charge in [-0.15, -0.1) is 0 Å². The minimum absolute atomic E-state index is 0.0535. The van der Waals surface area contributed by atoms with Crippen LogP contribution in [-0.4, -0.2) is 73.4 Å². The Morgan fingerprint density at radius 3 is 1.86 bits per heavy atom. The van der Waals surface area contributed by atoms with Crippen molar-refractivity contribution in [2.24, 2.45) is 0 Å². The number of hydrogen-bond donors (Lipinski definition) is 3. The lowest BCUT2D eigenvalue weighted by atomic mass is 10.1. The number of quaternary nitrogens is 1. The summed E-state index contributed by atoms with van der Waals surface area (Å²) in [5.41, 5.74) is 0. The van der Waals surface area contributed by atoms with Gasteiger partial charge in [0.25, 0.3) is 0 Å². The molecule has 0 rings (SSSR count). The van der Waals surface area contributed by atoms with Crippen LogP contribution in [0.15, 0.2) is 36.5 Å². The van der Waals surface area contributed by atoms with Crippen LogP contribution >= 0.6 is 7.82 Å². The van der Waals surface area contributed by atoms with Gasteiger partial charge in [-0.25, -0.2) is 4.57 Å². The number of nitrogens with one attached hydrogen (secondary N) is 1. The lowest BCUT2D eigenvalue weighted by Crippen LogP contribution is -2.45. The van der Waals surface area contributed by atoms with Crippen LogP contribution in [0.1, 0.15) is 123 Å². The minimum Gasteiger partial charge on any atom is -0.387 e. The van der Waals surface area contributed by atoms with Gasteiger partial charge in [0.15, 0.2) is 0 Å². The molecule has 3 N–H and O–H groups in total. The van der Waals surface area contributed by atoms with Gasteiger partial charge in [-0.2, -0.15) is 0 Å². The van der Waals surface area contributed by atoms with Crippen molar-refractivity contribution < 1.29 is 32.9 Å². The summed E-state index contributed by atoms with van der Waals surface area (Å²) >= 11 is 0. The third-order valence-electron chi connectivity index (χ3n) is 7.09. The molecule has 0 radical (unpaired) electrons. The Bertz CT molecular complexity index is 809. The van der Waals surface area contributed by atoms with Gasteiger partial charge in [-0.3, -0.25) is 13.8 Å². The van der Waals surface area contributed by atoms with Gasteiger partial charge in [-0.05, 0) is 44.9 Å². The third-order valence-corrected chi connectivity index (χ3v) is 8.07. The lowest BCUT2D eigenvalue weighted by molar-refractivity contribution is -0.870. The van der Waals surface area contributed by atoms with Gasteiger partial charge >= 0.3 is 7.82 Å². The van der Waals surface area contributed by atoms with E-state index in [2.05, 4.69) is 43.5 Å². The van der Waals surface area contributed by atoms with E-state index in [9.17, 15) is 19.4 Å². The maximum Gasteiger partial charge on any atom is 0.472 e. The fourth-order valence-corrected chi connectivity index (χ4v) is 5.04. The number of unbranched alkanes of at least 4 members (excludes halogenated alkanes) is 12. The van der Waals surface area contributed by atoms with Gasteiger partial charge < -0.3 is 19.8 Å². The minimum atomic E-state index is -4.33. The van der Waals surface area contributed by atoms with E-state index in [4.69, 9.17) is 9.05 Å². The zero-order valence-corrected chi connectivity index (χ0v) is 29.1. The standard InChI is InChI=1S/C34H65N2O6P/c1-6-8-10-12-14-16-17-18-19-20-21-23-25-27-33(37)32(31-42-43(39,40)41-30-29-36(3,4)5)35-34(38)28-26-24-22-15-13-11-9-7-2/h14,16,19-20,25,27,32-33,37H,6-13,15,17-18,21-24,26,28-31H2,1-5H3,(H-,35,38,39,40)/p+1/b16-14+,20-19+,27-25+. The quantitative estimate of drug-likeness (QED) is 0.0335. The van der Waals surface area contributed by atoms with E-state index in [1.165, 1.54) is 51.4 Å². The van der Waals surface area contributed by atoms with Crippen LogP contribution in [0, 0.1) is 0 Å². The number of nitrogens with zero attached hydrogens (tertiary/aromatic N) is 1. The second-order valence-corrected chi connectivity index (χ2v) is 14.0. The molecule has 9 heteroatoms. The normalized spacial score (nSPS) is 15.4. The summed E-state index contributed by atoms with van der Waals surface area (Å²) in [7, 11) is 1.54. The Morgan fingerprint density at radius 2 is 1.28 bits per heavy atom. The van der Waals surface area contributed by atoms with Gasteiger partial charge in [0.05, 0.1) is 39.9 Å². The Kier molecular flexibility index (Phi) is 26.3. The fourth-order valence-electron chi connectivity index (χ4n) is 4.30. The molecule has 3 atom stereocenters. The molecular formula is C34H66N2O6P+. The average Bonchev–Trinajstić information content (AvgIpc) is 2.94. The smallest absolute Gasteiger partial charge is 0.387 e. The van der Waals surface area contributed by atoms with Gasteiger partial charge in [0.2, 0.25) is 5.91 Å². The van der Waals surface area contributed by atoms with Crippen molar-refractivity contribution in [3.05, 3.63) is 36.5 Å². The van der Waals surface area contributed by atoms with Crippen LogP contribution in [0.25, 0.3) is 0 Å². The first-order chi connectivity index (χ1) is 20.5. The largest absolute Gasteiger partial charge is 0.472 e. The van der Waals surface area contributed by atoms with Crippen LogP contribution < -0.4 is 5.32 Å². The van der Waals surface area contributed by atoms with E-state index in [1.54, 1.807) is 6.08 Å². The predicted octanol–water partition coefficient (Wildman–Crippen LogP) is 8.01. The molecule has 0 heterocycles. The van der Waals surface area contributed by atoms with Crippen molar-refractivity contribution in [1.82, 2.24) is 5.32 Å². The molecule has 0 aliphatic rings. The first-order valence-electron chi connectivity index (χ1n) is 16.9. The molecular weight excluding hydrogens is 563 g/mol. The summed E-state index contributed by atoms with van der Waals surface area (Å²) in [4.78, 5) is 22.8. The first kappa shape index (κ1) is 41.7. The third kappa shape index (κ3) is 29.2. The molecule has 3 unspecified atom stereocenters. The summed E-state index contributed by atoms with van der Waals surface area (Å²) in [6.07, 6.45) is 29.3. The highest BCUT2D eigenvalue weighted by atomic mass is 31.2. The summed E-state index contributed by atoms with van der Waals surface area (Å²) in [6.45, 7) is 4.67. The number of amides is 1. The SMILES string of the molecule is CCCCC/C=C/CC/C=C/CC/C=C/C(O)C(COP(=O)(O)OCC[N+](C)(C)C)NC(=O)CCCCCCCCCC. The summed E-state index contributed by atoms with van der Waals surface area (Å²) in [5, 5.41) is 13.6. The summed E-state index contributed by atoms with van der Waals surface area (Å²) < 4.78 is 23.3. The van der Waals surface area contributed by atoms with E-state index in [-0.39, 0.29) is 19.1 Å². The highest BCUT2D eigenvalue weighted by Crippen LogP contribution is 2.43. The molecule has 8 nitrogen and oxygen atoms in total. The zero-order valence-electron chi connectivity index (χ0n) is 28.2. The van der Waals surface area contributed by atoms with Crippen molar-refractivity contribution in [3.63, 3.8) is 0 Å². The zero-order chi connectivity index (χ0) is 32.2. The van der Waals surface area contributed by atoms with E-state index in [0.717, 1.165) is 51.4 Å². The molecule has 43 heavy (non-hydrogen) atoms. The summed E-state index contributed by atoms with van der Waals surface area (Å²) in [5.74, 6) is -0.201. The number of aliphatic hydroxyl groups excluding tert-OH is 1. The average molecular weight is 630 g/mol. The van der Waals surface area contributed by atoms with Crippen LogP contribution in [0.2, 0.25) is 0 Å². The maximum atomic E-state index is 12.6. The monoisotopic (exact) mass is 629 g/mol. The number of likely N-dealkylation sites (N-methyl/N-ethyl adjacent to an activating group) is 1. The van der Waals surface area contributed by atoms with E-state index >= 15 is 0 Å². The van der Waals surface area contributed by atoms with Crippen molar-refractivity contribution in [1.29, 1.82) is 0 Å². The van der Waals surface area contributed by atoms with Crippen LogP contribution in [-0.2, 0) is 18.4 Å². The molecule has 0 saturated heterocycles. The Labute approximate surface area is 264 Å². The van der Waals surface area contributed by atoms with Crippen molar-refractivity contribution >= 4 is 13.7 Å². The molecule has 0 aliphatic carbocycles. The Hall–Kier alpha value is -1.28. The van der Waals surface area contributed by atoms with Gasteiger partial charge in [0, 0.05) is 6.42 Å². The van der Waals surface area contributed by atoms with Crippen molar-refractivity contribution in [2.45, 2.75) is 135 Å². The molecule has 252 valence electrons. The molecule has 0 fully saturated rings. The molecule has 0 aromatic heterocycles. The van der Waals surface area contributed by atoms with E-state index < -0.39 is 20.0 Å². The number of carbonyl (C=O) groups excluding carboxylic acids is 1. The molecule has 0 bridgehead atoms. The van der Waals surface area contributed by atoms with Crippen LogP contribution in [0.3, 0.4) is 0 Å². The summed E-state index contributed by atoms with van der Waals surface area (Å²) in [6, 6.07) is -0.861. The van der Waals surface area contributed by atoms with Gasteiger partial charge in [0.1, 0.15) is 13.2 Å². The molecule has 0 saturated carbocycles. The highest BCUT2D eigenvalue weighted by Gasteiger charge is 2.27. The fraction of sp³-hybridized carbons (Fsp3) is 0.794. The second kappa shape index (κ2) is 27.1. The van der Waals surface area contributed by atoms with Crippen molar-refractivity contribution in [2.75, 3.05) is 40.9 Å². The lowest BCUT2D eigenvalue weighted by Gasteiger charge is -2.25. The number of hydrogen-bond acceptors (Lipinski definition) is 5. The number of rotatable bonds is 29.